The van der Waals surface area contributed by atoms with Crippen LogP contribution in [0.4, 0.5) is 4.79 Å². The molecule has 6 heteroatoms. The molecule has 0 bridgehead atoms. The third-order valence-electron chi connectivity index (χ3n) is 1.80. The highest BCUT2D eigenvalue weighted by Crippen LogP contribution is 2.26. The molecular formula is C12H16N2O4. The Balaban J connectivity index is 2.61. The van der Waals surface area contributed by atoms with Crippen LogP contribution in [0.5, 0.6) is 11.5 Å². The van der Waals surface area contributed by atoms with E-state index in [4.69, 9.17) is 4.74 Å². The first kappa shape index (κ1) is 13.8. The number of ether oxygens (including phenoxy) is 1. The Hall–Kier alpha value is -2.24. The van der Waals surface area contributed by atoms with Gasteiger partial charge in [-0.1, -0.05) is 6.07 Å². The number of benzene rings is 1. The van der Waals surface area contributed by atoms with E-state index in [1.54, 1.807) is 26.8 Å². The van der Waals surface area contributed by atoms with Crippen molar-refractivity contribution in [2.45, 2.75) is 26.4 Å². The van der Waals surface area contributed by atoms with E-state index >= 15 is 0 Å². The molecule has 1 amide bonds. The Bertz CT molecular complexity index is 464. The lowest BCUT2D eigenvalue weighted by Crippen LogP contribution is -2.29. The maximum Gasteiger partial charge on any atom is 0.428 e. The van der Waals surface area contributed by atoms with Crippen molar-refractivity contribution in [3.05, 3.63) is 23.8 Å². The number of nitrogens with zero attached hydrogens (tertiary/aromatic N) is 1. The summed E-state index contributed by atoms with van der Waals surface area (Å²) >= 11 is 0. The Morgan fingerprint density at radius 1 is 1.39 bits per heavy atom. The molecule has 0 aliphatic carbocycles. The second-order valence-electron chi connectivity index (χ2n) is 4.59. The van der Waals surface area contributed by atoms with E-state index < -0.39 is 11.7 Å². The second kappa shape index (κ2) is 5.39. The van der Waals surface area contributed by atoms with Crippen molar-refractivity contribution in [1.29, 1.82) is 0 Å². The lowest BCUT2D eigenvalue weighted by atomic mass is 10.2. The largest absolute Gasteiger partial charge is 0.504 e. The van der Waals surface area contributed by atoms with Crippen molar-refractivity contribution < 1.29 is 19.7 Å². The van der Waals surface area contributed by atoms with Crippen molar-refractivity contribution in [1.82, 2.24) is 5.43 Å². The van der Waals surface area contributed by atoms with E-state index in [9.17, 15) is 15.0 Å². The zero-order chi connectivity index (χ0) is 13.8. The second-order valence-corrected chi connectivity index (χ2v) is 4.59. The van der Waals surface area contributed by atoms with Crippen molar-refractivity contribution in [2.24, 2.45) is 5.10 Å². The molecule has 1 aromatic rings. The summed E-state index contributed by atoms with van der Waals surface area (Å²) < 4.78 is 4.95. The highest BCUT2D eigenvalue weighted by atomic mass is 16.6. The van der Waals surface area contributed by atoms with Gasteiger partial charge in [-0.15, -0.1) is 0 Å². The van der Waals surface area contributed by atoms with Crippen LogP contribution in [0.2, 0.25) is 0 Å². The number of rotatable bonds is 2. The van der Waals surface area contributed by atoms with Gasteiger partial charge in [0.05, 0.1) is 6.21 Å². The molecule has 0 radical (unpaired) electrons. The molecule has 18 heavy (non-hydrogen) atoms. The Kier molecular flexibility index (Phi) is 4.14. The van der Waals surface area contributed by atoms with Crippen molar-refractivity contribution in [3.8, 4) is 11.5 Å². The molecule has 0 unspecified atom stereocenters. The van der Waals surface area contributed by atoms with E-state index in [2.05, 4.69) is 10.5 Å². The molecule has 0 saturated carbocycles. The molecule has 1 aromatic carbocycles. The average Bonchev–Trinajstić information content (AvgIpc) is 2.21. The molecule has 0 aromatic heterocycles. The normalized spacial score (nSPS) is 11.5. The quantitative estimate of drug-likeness (QED) is 0.426. The van der Waals surface area contributed by atoms with Gasteiger partial charge in [0.1, 0.15) is 5.60 Å². The van der Waals surface area contributed by atoms with Crippen molar-refractivity contribution in [2.75, 3.05) is 0 Å². The maximum atomic E-state index is 11.2. The number of phenolic OH excluding ortho intramolecular Hbond substituents is 2. The van der Waals surface area contributed by atoms with Crippen LogP contribution in [0.15, 0.2) is 23.3 Å². The third-order valence-corrected chi connectivity index (χ3v) is 1.80. The van der Waals surface area contributed by atoms with Gasteiger partial charge in [-0.25, -0.2) is 10.2 Å². The molecule has 6 nitrogen and oxygen atoms in total. The molecular weight excluding hydrogens is 236 g/mol. The van der Waals surface area contributed by atoms with Crippen LogP contribution >= 0.6 is 0 Å². The molecule has 0 heterocycles. The summed E-state index contributed by atoms with van der Waals surface area (Å²) in [6.07, 6.45) is 0.511. The number of hydrogen-bond donors (Lipinski definition) is 3. The fraction of sp³-hybridized carbons (Fsp3) is 0.333. The smallest absolute Gasteiger partial charge is 0.428 e. The number of amides is 1. The molecule has 0 aliphatic heterocycles. The van der Waals surface area contributed by atoms with Gasteiger partial charge >= 0.3 is 6.09 Å². The van der Waals surface area contributed by atoms with Gasteiger partial charge < -0.3 is 14.9 Å². The molecule has 0 spiro atoms. The van der Waals surface area contributed by atoms with Gasteiger partial charge in [0.2, 0.25) is 0 Å². The SMILES string of the molecule is CC(C)(C)OC(=O)N/N=C/c1cccc(O)c1O. The van der Waals surface area contributed by atoms with E-state index in [0.29, 0.717) is 0 Å². The number of carbonyl (C=O) groups is 1. The Labute approximate surface area is 105 Å². The molecule has 0 fully saturated rings. The van der Waals surface area contributed by atoms with Crippen LogP contribution in [-0.4, -0.2) is 28.1 Å². The van der Waals surface area contributed by atoms with Crippen LogP contribution < -0.4 is 5.43 Å². The number of hydrogen-bond acceptors (Lipinski definition) is 5. The van der Waals surface area contributed by atoms with Gasteiger partial charge in [0.25, 0.3) is 0 Å². The first-order chi connectivity index (χ1) is 8.29. The lowest BCUT2D eigenvalue weighted by molar-refractivity contribution is 0.0529. The first-order valence-corrected chi connectivity index (χ1v) is 5.32. The molecule has 98 valence electrons. The molecule has 3 N–H and O–H groups in total. The number of nitrogens with one attached hydrogen (secondary N) is 1. The molecule has 0 aliphatic rings. The zero-order valence-electron chi connectivity index (χ0n) is 10.5. The summed E-state index contributed by atoms with van der Waals surface area (Å²) in [5.74, 6) is -0.552. The highest BCUT2D eigenvalue weighted by Gasteiger charge is 2.15. The summed E-state index contributed by atoms with van der Waals surface area (Å²) in [7, 11) is 0. The standard InChI is InChI=1S/C12H16N2O4/c1-12(2,3)18-11(17)14-13-7-8-5-4-6-9(15)10(8)16/h4-7,15-16H,1-3H3,(H,14,17)/b13-7+. The minimum atomic E-state index is -0.696. The topological polar surface area (TPSA) is 91.2 Å². The fourth-order valence-corrected chi connectivity index (χ4v) is 1.11. The van der Waals surface area contributed by atoms with Gasteiger partial charge in [0, 0.05) is 5.56 Å². The van der Waals surface area contributed by atoms with Crippen LogP contribution in [0.3, 0.4) is 0 Å². The van der Waals surface area contributed by atoms with Gasteiger partial charge in [-0.05, 0) is 32.9 Å². The molecule has 1 rings (SSSR count). The predicted octanol–water partition coefficient (Wildman–Crippen LogP) is 1.96. The van der Waals surface area contributed by atoms with Gasteiger partial charge in [0.15, 0.2) is 11.5 Å². The minimum absolute atomic E-state index is 0.254. The summed E-state index contributed by atoms with van der Waals surface area (Å²) in [6, 6.07) is 4.42. The molecule has 0 saturated heterocycles. The number of carbonyl (C=O) groups excluding carboxylic acids is 1. The predicted molar refractivity (Wildman–Crippen MR) is 66.7 cm³/mol. The number of para-hydroxylation sites is 1. The number of phenols is 2. The van der Waals surface area contributed by atoms with Crippen molar-refractivity contribution in [3.63, 3.8) is 0 Å². The monoisotopic (exact) mass is 252 g/mol. The van der Waals surface area contributed by atoms with Crippen LogP contribution in [0.25, 0.3) is 0 Å². The summed E-state index contributed by atoms with van der Waals surface area (Å²) in [4.78, 5) is 11.2. The fourth-order valence-electron chi connectivity index (χ4n) is 1.11. The zero-order valence-corrected chi connectivity index (χ0v) is 10.5. The Morgan fingerprint density at radius 3 is 2.67 bits per heavy atom. The van der Waals surface area contributed by atoms with E-state index in [1.165, 1.54) is 18.3 Å². The van der Waals surface area contributed by atoms with E-state index in [-0.39, 0.29) is 17.1 Å². The van der Waals surface area contributed by atoms with Crippen molar-refractivity contribution >= 4 is 12.3 Å². The highest BCUT2D eigenvalue weighted by molar-refractivity contribution is 5.85. The summed E-state index contributed by atoms with van der Waals surface area (Å²) in [5.41, 5.74) is 1.83. The van der Waals surface area contributed by atoms with Gasteiger partial charge in [-0.3, -0.25) is 0 Å². The maximum absolute atomic E-state index is 11.2. The van der Waals surface area contributed by atoms with E-state index in [0.717, 1.165) is 0 Å². The lowest BCUT2D eigenvalue weighted by Gasteiger charge is -2.18. The average molecular weight is 252 g/mol. The van der Waals surface area contributed by atoms with Crippen LogP contribution in [0.1, 0.15) is 26.3 Å². The number of aromatic hydroxyl groups is 2. The summed E-state index contributed by atoms with van der Waals surface area (Å²) in [5, 5.41) is 22.3. The Morgan fingerprint density at radius 2 is 2.06 bits per heavy atom. The molecule has 0 atom stereocenters. The number of hydrazone groups is 1. The van der Waals surface area contributed by atoms with Crippen LogP contribution in [-0.2, 0) is 4.74 Å². The first-order valence-electron chi connectivity index (χ1n) is 5.32. The van der Waals surface area contributed by atoms with Crippen LogP contribution in [0, 0.1) is 0 Å². The summed E-state index contributed by atoms with van der Waals surface area (Å²) in [6.45, 7) is 5.20. The van der Waals surface area contributed by atoms with E-state index in [1.807, 2.05) is 0 Å². The van der Waals surface area contributed by atoms with Gasteiger partial charge in [-0.2, -0.15) is 5.10 Å². The minimum Gasteiger partial charge on any atom is -0.504 e. The third kappa shape index (κ3) is 4.32.